The van der Waals surface area contributed by atoms with Crippen LogP contribution in [0, 0.1) is 5.82 Å². The van der Waals surface area contributed by atoms with Crippen molar-refractivity contribution in [3.8, 4) is 5.75 Å². The van der Waals surface area contributed by atoms with E-state index in [1.165, 1.54) is 28.4 Å². The van der Waals surface area contributed by atoms with E-state index in [1.54, 1.807) is 43.3 Å². The number of anilines is 1. The molecule has 0 aliphatic rings. The fourth-order valence-corrected chi connectivity index (χ4v) is 4.50. The van der Waals surface area contributed by atoms with Gasteiger partial charge in [0.1, 0.15) is 17.6 Å². The van der Waals surface area contributed by atoms with E-state index in [2.05, 4.69) is 5.32 Å². The second-order valence-electron chi connectivity index (χ2n) is 8.63. The van der Waals surface area contributed by atoms with Crippen LogP contribution in [0.1, 0.15) is 39.2 Å². The minimum absolute atomic E-state index is 0.0243. The number of methoxy groups -OCH3 is 1. The van der Waals surface area contributed by atoms with E-state index in [9.17, 15) is 22.4 Å². The molecule has 2 amide bonds. The van der Waals surface area contributed by atoms with Gasteiger partial charge in [-0.15, -0.1) is 0 Å². The van der Waals surface area contributed by atoms with Crippen LogP contribution in [0.15, 0.2) is 48.5 Å². The summed E-state index contributed by atoms with van der Waals surface area (Å²) in [6.07, 6.45) is 1.37. The lowest BCUT2D eigenvalue weighted by Crippen LogP contribution is -2.49. The average molecular weight is 508 g/mol. The molecule has 2 aromatic carbocycles. The van der Waals surface area contributed by atoms with E-state index in [0.29, 0.717) is 17.0 Å². The number of hydrogen-bond acceptors (Lipinski definition) is 5. The maximum Gasteiger partial charge on any atom is 0.242 e. The number of hydrogen-bond donors (Lipinski definition) is 1. The van der Waals surface area contributed by atoms with Crippen LogP contribution in [0.25, 0.3) is 0 Å². The van der Waals surface area contributed by atoms with Gasteiger partial charge >= 0.3 is 0 Å². The number of nitrogens with zero attached hydrogens (tertiary/aromatic N) is 2. The molecular formula is C25H34FN3O5S. The number of halogens is 1. The lowest BCUT2D eigenvalue weighted by molar-refractivity contribution is -0.140. The van der Waals surface area contributed by atoms with Crippen LogP contribution in [0.2, 0.25) is 0 Å². The zero-order chi connectivity index (χ0) is 26.2. The second kappa shape index (κ2) is 12.5. The highest BCUT2D eigenvalue weighted by atomic mass is 32.2. The van der Waals surface area contributed by atoms with Crippen LogP contribution < -0.4 is 14.4 Å². The van der Waals surface area contributed by atoms with Crippen LogP contribution in [-0.2, 0) is 26.2 Å². The normalized spacial score (nSPS) is 12.2. The van der Waals surface area contributed by atoms with Crippen molar-refractivity contribution >= 4 is 27.5 Å². The number of nitrogens with one attached hydrogen (secondary N) is 1. The molecule has 0 fully saturated rings. The summed E-state index contributed by atoms with van der Waals surface area (Å²) in [4.78, 5) is 27.3. The SMILES string of the molecule is COc1cccc(N(CCCC(=O)N(Cc2ccc(F)cc2)[C@H](C)C(=O)NC(C)C)S(C)(=O)=O)c1. The van der Waals surface area contributed by atoms with Gasteiger partial charge in [0.05, 0.1) is 19.1 Å². The molecule has 0 bridgehead atoms. The maximum absolute atomic E-state index is 13.3. The van der Waals surface area contributed by atoms with Crippen molar-refractivity contribution in [2.24, 2.45) is 0 Å². The minimum atomic E-state index is -3.60. The van der Waals surface area contributed by atoms with Crippen LogP contribution in [0.3, 0.4) is 0 Å². The molecule has 8 nitrogen and oxygen atoms in total. The molecule has 1 atom stereocenters. The zero-order valence-electron chi connectivity index (χ0n) is 20.8. The molecule has 0 aliphatic carbocycles. The summed E-state index contributed by atoms with van der Waals surface area (Å²) < 4.78 is 44.6. The summed E-state index contributed by atoms with van der Waals surface area (Å²) in [6.45, 7) is 5.49. The summed E-state index contributed by atoms with van der Waals surface area (Å²) in [5.74, 6) is -0.484. The fourth-order valence-electron chi connectivity index (χ4n) is 3.54. The van der Waals surface area contributed by atoms with Crippen molar-refractivity contribution in [1.29, 1.82) is 0 Å². The van der Waals surface area contributed by atoms with Gasteiger partial charge in [0.2, 0.25) is 21.8 Å². The Kier molecular flexibility index (Phi) is 10.1. The van der Waals surface area contributed by atoms with Crippen molar-refractivity contribution in [2.75, 3.05) is 24.2 Å². The zero-order valence-corrected chi connectivity index (χ0v) is 21.6. The van der Waals surface area contributed by atoms with E-state index in [0.717, 1.165) is 6.26 Å². The number of amides is 2. The highest BCUT2D eigenvalue weighted by Crippen LogP contribution is 2.24. The highest BCUT2D eigenvalue weighted by molar-refractivity contribution is 7.92. The van der Waals surface area contributed by atoms with E-state index >= 15 is 0 Å². The summed E-state index contributed by atoms with van der Waals surface area (Å²) in [6, 6.07) is 11.5. The third-order valence-corrected chi connectivity index (χ3v) is 6.55. The Hall–Kier alpha value is -3.14. The molecule has 0 unspecified atom stereocenters. The molecule has 192 valence electrons. The van der Waals surface area contributed by atoms with Gasteiger partial charge in [0.15, 0.2) is 0 Å². The van der Waals surface area contributed by atoms with E-state index < -0.39 is 21.9 Å². The lowest BCUT2D eigenvalue weighted by Gasteiger charge is -2.30. The largest absolute Gasteiger partial charge is 0.497 e. The third kappa shape index (κ3) is 8.54. The van der Waals surface area contributed by atoms with Gasteiger partial charge in [-0.1, -0.05) is 18.2 Å². The van der Waals surface area contributed by atoms with Crippen LogP contribution in [-0.4, -0.2) is 57.1 Å². The molecule has 0 aliphatic heterocycles. The number of rotatable bonds is 12. The Labute approximate surface area is 207 Å². The number of carbonyl (C=O) groups excluding carboxylic acids is 2. The molecule has 10 heteroatoms. The molecule has 0 radical (unpaired) electrons. The van der Waals surface area contributed by atoms with Crippen LogP contribution in [0.4, 0.5) is 10.1 Å². The molecule has 0 spiro atoms. The second-order valence-corrected chi connectivity index (χ2v) is 10.5. The Bertz CT molecular complexity index is 1110. The Morgan fingerprint density at radius 2 is 1.74 bits per heavy atom. The van der Waals surface area contributed by atoms with Gasteiger partial charge in [0, 0.05) is 31.6 Å². The first kappa shape index (κ1) is 28.1. The van der Waals surface area contributed by atoms with Gasteiger partial charge < -0.3 is 15.0 Å². The Morgan fingerprint density at radius 1 is 1.09 bits per heavy atom. The van der Waals surface area contributed by atoms with Gasteiger partial charge in [-0.25, -0.2) is 12.8 Å². The minimum Gasteiger partial charge on any atom is -0.497 e. The smallest absolute Gasteiger partial charge is 0.242 e. The van der Waals surface area contributed by atoms with Gasteiger partial charge in [0.25, 0.3) is 0 Å². The highest BCUT2D eigenvalue weighted by Gasteiger charge is 2.27. The fraction of sp³-hybridized carbons (Fsp3) is 0.440. The van der Waals surface area contributed by atoms with E-state index in [4.69, 9.17) is 4.74 Å². The van der Waals surface area contributed by atoms with Crippen molar-refractivity contribution in [3.05, 3.63) is 59.9 Å². The molecular weight excluding hydrogens is 473 g/mol. The maximum atomic E-state index is 13.3. The Morgan fingerprint density at radius 3 is 2.31 bits per heavy atom. The molecule has 2 aromatic rings. The summed E-state index contributed by atoms with van der Waals surface area (Å²) >= 11 is 0. The number of sulfonamides is 1. The van der Waals surface area contributed by atoms with E-state index in [-0.39, 0.29) is 43.8 Å². The molecule has 35 heavy (non-hydrogen) atoms. The van der Waals surface area contributed by atoms with Gasteiger partial charge in [-0.3, -0.25) is 13.9 Å². The summed E-state index contributed by atoms with van der Waals surface area (Å²) in [5.41, 5.74) is 1.12. The van der Waals surface area contributed by atoms with Crippen molar-refractivity contribution in [1.82, 2.24) is 10.2 Å². The quantitative estimate of drug-likeness (QED) is 0.476. The molecule has 0 saturated heterocycles. The topological polar surface area (TPSA) is 96.0 Å². The monoisotopic (exact) mass is 507 g/mol. The first-order chi connectivity index (χ1) is 16.4. The van der Waals surface area contributed by atoms with Gasteiger partial charge in [-0.05, 0) is 57.0 Å². The van der Waals surface area contributed by atoms with Crippen molar-refractivity contribution < 1.29 is 27.1 Å². The van der Waals surface area contributed by atoms with Crippen molar-refractivity contribution in [3.63, 3.8) is 0 Å². The lowest BCUT2D eigenvalue weighted by atomic mass is 10.1. The number of carbonyl (C=O) groups is 2. The molecule has 0 heterocycles. The average Bonchev–Trinajstić information content (AvgIpc) is 2.79. The molecule has 1 N–H and O–H groups in total. The summed E-state index contributed by atoms with van der Waals surface area (Å²) in [5, 5.41) is 2.81. The number of ether oxygens (including phenoxy) is 1. The first-order valence-electron chi connectivity index (χ1n) is 11.4. The standard InChI is InChI=1S/C25H34FN3O5S/c1-18(2)27-25(31)19(3)28(17-20-11-13-21(26)14-12-20)24(30)10-7-15-29(35(5,32)33)22-8-6-9-23(16-22)34-4/h6,8-9,11-14,16,18-19H,7,10,15,17H2,1-5H3,(H,27,31)/t19-/m1/s1. The van der Waals surface area contributed by atoms with Crippen LogP contribution in [0.5, 0.6) is 5.75 Å². The predicted octanol–water partition coefficient (Wildman–Crippen LogP) is 3.32. The molecule has 2 rings (SSSR count). The van der Waals surface area contributed by atoms with Crippen molar-refractivity contribution in [2.45, 2.75) is 52.2 Å². The molecule has 0 aromatic heterocycles. The van der Waals surface area contributed by atoms with Gasteiger partial charge in [-0.2, -0.15) is 0 Å². The summed E-state index contributed by atoms with van der Waals surface area (Å²) in [7, 11) is -2.11. The first-order valence-corrected chi connectivity index (χ1v) is 13.2. The number of benzene rings is 2. The third-order valence-electron chi connectivity index (χ3n) is 5.36. The Balaban J connectivity index is 2.17. The van der Waals surface area contributed by atoms with Crippen LogP contribution >= 0.6 is 0 Å². The predicted molar refractivity (Wildman–Crippen MR) is 134 cm³/mol. The van der Waals surface area contributed by atoms with E-state index in [1.807, 2.05) is 13.8 Å². The molecule has 0 saturated carbocycles.